The van der Waals surface area contributed by atoms with Gasteiger partial charge in [0.25, 0.3) is 0 Å². The van der Waals surface area contributed by atoms with E-state index >= 15 is 0 Å². The van der Waals surface area contributed by atoms with Crippen LogP contribution in [0.3, 0.4) is 0 Å². The number of carbonyl (C=O) groups is 1. The summed E-state index contributed by atoms with van der Waals surface area (Å²) < 4.78 is 5.16. The number of ether oxygens (including phenoxy) is 1. The number of esters is 1. The van der Waals surface area contributed by atoms with Crippen molar-refractivity contribution in [3.05, 3.63) is 45.9 Å². The van der Waals surface area contributed by atoms with Crippen LogP contribution >= 0.6 is 11.3 Å². The summed E-state index contributed by atoms with van der Waals surface area (Å²) in [6.07, 6.45) is 3.43. The third-order valence-corrected chi connectivity index (χ3v) is 3.09. The quantitative estimate of drug-likeness (QED) is 0.847. The first-order valence-electron chi connectivity index (χ1n) is 5.07. The fourth-order valence-corrected chi connectivity index (χ4v) is 2.11. The molecule has 2 heterocycles. The summed E-state index contributed by atoms with van der Waals surface area (Å²) in [4.78, 5) is 16.2. The molecule has 2 aromatic heterocycles. The lowest BCUT2D eigenvalue weighted by molar-refractivity contribution is 0.0479. The monoisotopic (exact) mass is 248 g/mol. The van der Waals surface area contributed by atoms with Gasteiger partial charge in [-0.2, -0.15) is 0 Å². The van der Waals surface area contributed by atoms with E-state index in [-0.39, 0.29) is 12.6 Å². The van der Waals surface area contributed by atoms with E-state index < -0.39 is 0 Å². The van der Waals surface area contributed by atoms with Gasteiger partial charge in [0.05, 0.1) is 5.69 Å². The molecule has 0 atom stereocenters. The van der Waals surface area contributed by atoms with Crippen LogP contribution in [0.5, 0.6) is 0 Å². The normalized spacial score (nSPS) is 10.2. The van der Waals surface area contributed by atoms with Gasteiger partial charge in [-0.25, -0.2) is 4.79 Å². The molecule has 0 aliphatic rings. The highest BCUT2D eigenvalue weighted by Crippen LogP contribution is 2.20. The van der Waals surface area contributed by atoms with Crippen molar-refractivity contribution in [1.82, 2.24) is 4.98 Å². The molecule has 2 N–H and O–H groups in total. The first-order valence-corrected chi connectivity index (χ1v) is 5.95. The molecule has 0 fully saturated rings. The Kier molecular flexibility index (Phi) is 3.39. The number of anilines is 1. The molecule has 0 spiro atoms. The number of nitrogens with zero attached hydrogens (tertiary/aromatic N) is 1. The molecule has 0 amide bonds. The molecule has 4 nitrogen and oxygen atoms in total. The van der Waals surface area contributed by atoms with E-state index in [9.17, 15) is 4.79 Å². The van der Waals surface area contributed by atoms with Gasteiger partial charge in [0, 0.05) is 18.0 Å². The van der Waals surface area contributed by atoms with E-state index in [2.05, 4.69) is 4.98 Å². The third-order valence-electron chi connectivity index (χ3n) is 2.18. The molecule has 0 aliphatic carbocycles. The lowest BCUT2D eigenvalue weighted by atomic mass is 10.2. The van der Waals surface area contributed by atoms with Crippen molar-refractivity contribution in [3.63, 3.8) is 0 Å². The van der Waals surface area contributed by atoms with Crippen molar-refractivity contribution in [2.24, 2.45) is 0 Å². The maximum Gasteiger partial charge on any atom is 0.350 e. The van der Waals surface area contributed by atoms with Crippen LogP contribution in [0.4, 0.5) is 5.69 Å². The van der Waals surface area contributed by atoms with Crippen molar-refractivity contribution in [2.75, 3.05) is 5.73 Å². The Labute approximate surface area is 103 Å². The van der Waals surface area contributed by atoms with Gasteiger partial charge in [0.15, 0.2) is 0 Å². The summed E-state index contributed by atoms with van der Waals surface area (Å²) in [6, 6.07) is 3.62. The second-order valence-corrected chi connectivity index (χ2v) is 4.57. The smallest absolute Gasteiger partial charge is 0.350 e. The second-order valence-electron chi connectivity index (χ2n) is 3.65. The first kappa shape index (κ1) is 11.6. The average Bonchev–Trinajstić information content (AvgIpc) is 2.72. The van der Waals surface area contributed by atoms with E-state index in [1.54, 1.807) is 23.8 Å². The minimum atomic E-state index is -0.390. The number of carbonyl (C=O) groups excluding carboxylic acids is 1. The number of aryl methyl sites for hydroxylation is 1. The molecule has 17 heavy (non-hydrogen) atoms. The number of nitrogens with two attached hydrogens (primary N) is 1. The number of hydrogen-bond acceptors (Lipinski definition) is 5. The number of pyridine rings is 1. The Morgan fingerprint density at radius 2 is 2.35 bits per heavy atom. The molecule has 0 unspecified atom stereocenters. The molecule has 0 saturated carbocycles. The predicted octanol–water partition coefficient (Wildman–Crippen LogP) is 2.39. The van der Waals surface area contributed by atoms with E-state index in [0.29, 0.717) is 10.6 Å². The Morgan fingerprint density at radius 3 is 3.00 bits per heavy atom. The lowest BCUT2D eigenvalue weighted by Gasteiger charge is -2.04. The SMILES string of the molecule is Cc1cncc(COC(=O)c2sccc2N)c1. The molecule has 5 heteroatoms. The maximum atomic E-state index is 11.7. The number of aromatic nitrogens is 1. The molecule has 2 rings (SSSR count). The number of hydrogen-bond donors (Lipinski definition) is 1. The van der Waals surface area contributed by atoms with Crippen LogP contribution in [0.25, 0.3) is 0 Å². The van der Waals surface area contributed by atoms with Gasteiger partial charge in [0.2, 0.25) is 0 Å². The van der Waals surface area contributed by atoms with E-state index in [0.717, 1.165) is 11.1 Å². The molecule has 2 aromatic rings. The first-order chi connectivity index (χ1) is 8.16. The zero-order chi connectivity index (χ0) is 12.3. The molecular weight excluding hydrogens is 236 g/mol. The zero-order valence-electron chi connectivity index (χ0n) is 9.34. The summed E-state index contributed by atoms with van der Waals surface area (Å²) in [7, 11) is 0. The van der Waals surface area contributed by atoms with E-state index in [1.807, 2.05) is 13.0 Å². The van der Waals surface area contributed by atoms with Gasteiger partial charge in [-0.3, -0.25) is 4.98 Å². The van der Waals surface area contributed by atoms with Crippen LogP contribution in [-0.4, -0.2) is 11.0 Å². The topological polar surface area (TPSA) is 65.2 Å². The van der Waals surface area contributed by atoms with Crippen molar-refractivity contribution in [1.29, 1.82) is 0 Å². The van der Waals surface area contributed by atoms with Gasteiger partial charge >= 0.3 is 5.97 Å². The van der Waals surface area contributed by atoms with Crippen molar-refractivity contribution in [2.45, 2.75) is 13.5 Å². The highest BCUT2D eigenvalue weighted by Gasteiger charge is 2.12. The van der Waals surface area contributed by atoms with E-state index in [4.69, 9.17) is 10.5 Å². The Bertz CT molecular complexity index is 537. The predicted molar refractivity (Wildman–Crippen MR) is 66.8 cm³/mol. The summed E-state index contributed by atoms with van der Waals surface area (Å²) >= 11 is 1.28. The van der Waals surface area contributed by atoms with Crippen LogP contribution in [0, 0.1) is 6.92 Å². The van der Waals surface area contributed by atoms with Crippen molar-refractivity contribution >= 4 is 23.0 Å². The zero-order valence-corrected chi connectivity index (χ0v) is 10.2. The molecule has 0 bridgehead atoms. The van der Waals surface area contributed by atoms with Crippen molar-refractivity contribution < 1.29 is 9.53 Å². The van der Waals surface area contributed by atoms with Gasteiger partial charge in [-0.05, 0) is 30.0 Å². The van der Waals surface area contributed by atoms with Crippen LogP contribution < -0.4 is 5.73 Å². The molecule has 0 saturated heterocycles. The minimum absolute atomic E-state index is 0.213. The van der Waals surface area contributed by atoms with Crippen molar-refractivity contribution in [3.8, 4) is 0 Å². The second kappa shape index (κ2) is 4.97. The minimum Gasteiger partial charge on any atom is -0.457 e. The van der Waals surface area contributed by atoms with Crippen LogP contribution in [0.15, 0.2) is 29.9 Å². The maximum absolute atomic E-state index is 11.7. The average molecular weight is 248 g/mol. The standard InChI is InChI=1S/C12H12N2O2S/c1-8-4-9(6-14-5-8)7-16-12(15)11-10(13)2-3-17-11/h2-6H,7,13H2,1H3. The Morgan fingerprint density at radius 1 is 1.53 bits per heavy atom. The van der Waals surface area contributed by atoms with Gasteiger partial charge < -0.3 is 10.5 Å². The molecular formula is C12H12N2O2S. The third kappa shape index (κ3) is 2.82. The number of rotatable bonds is 3. The van der Waals surface area contributed by atoms with Gasteiger partial charge in [0.1, 0.15) is 11.5 Å². The molecule has 0 aliphatic heterocycles. The summed E-state index contributed by atoms with van der Waals surface area (Å²) in [5, 5.41) is 1.76. The van der Waals surface area contributed by atoms with Gasteiger partial charge in [-0.15, -0.1) is 11.3 Å². The Hall–Kier alpha value is -1.88. The molecule has 0 radical (unpaired) electrons. The van der Waals surface area contributed by atoms with E-state index in [1.165, 1.54) is 11.3 Å². The van der Waals surface area contributed by atoms with Crippen LogP contribution in [0.1, 0.15) is 20.8 Å². The van der Waals surface area contributed by atoms with Crippen LogP contribution in [-0.2, 0) is 11.3 Å². The molecule has 88 valence electrons. The Balaban J connectivity index is 1.99. The van der Waals surface area contributed by atoms with Crippen LogP contribution in [0.2, 0.25) is 0 Å². The summed E-state index contributed by atoms with van der Waals surface area (Å²) in [5.74, 6) is -0.390. The summed E-state index contributed by atoms with van der Waals surface area (Å²) in [6.45, 7) is 2.15. The number of nitrogen functional groups attached to an aromatic ring is 1. The number of thiophene rings is 1. The highest BCUT2D eigenvalue weighted by molar-refractivity contribution is 7.12. The van der Waals surface area contributed by atoms with Gasteiger partial charge in [-0.1, -0.05) is 0 Å². The fourth-order valence-electron chi connectivity index (χ4n) is 1.40. The largest absolute Gasteiger partial charge is 0.457 e. The fraction of sp³-hybridized carbons (Fsp3) is 0.167. The molecule has 0 aromatic carbocycles. The highest BCUT2D eigenvalue weighted by atomic mass is 32.1. The lowest BCUT2D eigenvalue weighted by Crippen LogP contribution is -2.05. The summed E-state index contributed by atoms with van der Waals surface area (Å²) in [5.41, 5.74) is 8.00.